The van der Waals surface area contributed by atoms with Gasteiger partial charge in [-0.05, 0) is 17.7 Å². The Morgan fingerprint density at radius 1 is 0.800 bits per heavy atom. The van der Waals surface area contributed by atoms with E-state index in [0.29, 0.717) is 0 Å². The molecule has 2 heterocycles. The minimum atomic E-state index is -1.95. The second-order valence-electron chi connectivity index (χ2n) is 10.1. The van der Waals surface area contributed by atoms with Crippen LogP contribution in [-0.4, -0.2) is 97.3 Å². The van der Waals surface area contributed by atoms with Crippen molar-refractivity contribution in [3.63, 3.8) is 0 Å². The Morgan fingerprint density at radius 2 is 1.44 bits per heavy atom. The van der Waals surface area contributed by atoms with Crippen LogP contribution < -0.4 is 0 Å². The van der Waals surface area contributed by atoms with Crippen LogP contribution in [0, 0.1) is 0 Å². The molecule has 45 heavy (non-hydrogen) atoms. The Bertz CT molecular complexity index is 1220. The minimum Gasteiger partial charge on any atom is -0.463 e. The molecule has 0 saturated carbocycles. The third kappa shape index (κ3) is 10.8. The highest BCUT2D eigenvalue weighted by molar-refractivity contribution is 8.01. The zero-order valence-corrected chi connectivity index (χ0v) is 26.6. The zero-order chi connectivity index (χ0) is 33.1. The molecule has 1 aromatic rings. The van der Waals surface area contributed by atoms with E-state index in [9.17, 15) is 24.0 Å². The Balaban J connectivity index is 2.04. The van der Waals surface area contributed by atoms with Gasteiger partial charge in [0.25, 0.3) is 5.12 Å². The molecule has 0 aliphatic carbocycles. The van der Waals surface area contributed by atoms with E-state index in [1.165, 1.54) is 47.0 Å². The first kappa shape index (κ1) is 36.0. The van der Waals surface area contributed by atoms with Crippen molar-refractivity contribution in [2.45, 2.75) is 88.4 Å². The number of carbonyl (C=O) groups excluding carboxylic acids is 5. The molecule has 0 unspecified atom stereocenters. The molecule has 2 aliphatic rings. The first-order valence-corrected chi connectivity index (χ1v) is 14.9. The van der Waals surface area contributed by atoms with E-state index in [1.807, 2.05) is 30.3 Å². The van der Waals surface area contributed by atoms with Crippen molar-refractivity contribution in [1.29, 1.82) is 0 Å². The lowest BCUT2D eigenvalue weighted by Gasteiger charge is -2.47. The highest BCUT2D eigenvalue weighted by Crippen LogP contribution is 2.45. The van der Waals surface area contributed by atoms with E-state index in [-0.39, 0.29) is 19.8 Å². The smallest absolute Gasteiger partial charge is 0.306 e. The van der Waals surface area contributed by atoms with Crippen LogP contribution in [0.2, 0.25) is 0 Å². The molecule has 14 nitrogen and oxygen atoms in total. The summed E-state index contributed by atoms with van der Waals surface area (Å²) in [5.74, 6) is -3.41. The number of ether oxygens (including phenoxy) is 9. The van der Waals surface area contributed by atoms with Gasteiger partial charge in [-0.15, -0.1) is 0 Å². The molecule has 248 valence electrons. The van der Waals surface area contributed by atoms with E-state index in [1.54, 1.807) is 0 Å². The molecule has 0 N–H and O–H groups in total. The Kier molecular flexibility index (Phi) is 13.4. The number of thioether (sulfide) groups is 1. The third-order valence-electron chi connectivity index (χ3n) is 6.33. The van der Waals surface area contributed by atoms with Crippen molar-refractivity contribution in [1.82, 2.24) is 0 Å². The van der Waals surface area contributed by atoms with Crippen LogP contribution in [0.5, 0.6) is 0 Å². The first-order valence-electron chi connectivity index (χ1n) is 14.0. The maximum atomic E-state index is 12.4. The fourth-order valence-electron chi connectivity index (χ4n) is 4.68. The Morgan fingerprint density at radius 3 is 2.02 bits per heavy atom. The van der Waals surface area contributed by atoms with Crippen LogP contribution in [0.1, 0.15) is 40.2 Å². The van der Waals surface area contributed by atoms with Crippen LogP contribution in [0.4, 0.5) is 0 Å². The van der Waals surface area contributed by atoms with Gasteiger partial charge in [-0.25, -0.2) is 0 Å². The molecular formula is C30H38O14S. The summed E-state index contributed by atoms with van der Waals surface area (Å²) < 4.78 is 51.2. The largest absolute Gasteiger partial charge is 0.463 e. The molecule has 1 aromatic carbocycles. The van der Waals surface area contributed by atoms with Gasteiger partial charge < -0.3 is 42.6 Å². The molecule has 0 radical (unpaired) electrons. The van der Waals surface area contributed by atoms with Gasteiger partial charge in [0.2, 0.25) is 0 Å². The van der Waals surface area contributed by atoms with Crippen LogP contribution >= 0.6 is 11.8 Å². The normalized spacial score (nSPS) is 29.2. The molecule has 0 aromatic heterocycles. The monoisotopic (exact) mass is 654 g/mol. The van der Waals surface area contributed by atoms with Gasteiger partial charge in [0.15, 0.2) is 18.5 Å². The fraction of sp³-hybridized carbons (Fsp3) is 0.567. The number of carbonyl (C=O) groups is 5. The van der Waals surface area contributed by atoms with Crippen molar-refractivity contribution >= 4 is 41.6 Å². The van der Waals surface area contributed by atoms with E-state index in [2.05, 4.69) is 0 Å². The van der Waals surface area contributed by atoms with Crippen LogP contribution in [0.25, 0.3) is 0 Å². The second kappa shape index (κ2) is 16.7. The van der Waals surface area contributed by atoms with E-state index >= 15 is 0 Å². The molecule has 0 amide bonds. The molecule has 1 fully saturated rings. The molecule has 1 saturated heterocycles. The van der Waals surface area contributed by atoms with Gasteiger partial charge in [-0.2, -0.15) is 0 Å². The van der Waals surface area contributed by atoms with Gasteiger partial charge in [-0.3, -0.25) is 24.0 Å². The molecule has 0 spiro atoms. The van der Waals surface area contributed by atoms with Crippen molar-refractivity contribution in [3.05, 3.63) is 48.0 Å². The van der Waals surface area contributed by atoms with Gasteiger partial charge in [-0.1, -0.05) is 42.1 Å². The van der Waals surface area contributed by atoms with Gasteiger partial charge in [0.05, 0.1) is 24.6 Å². The van der Waals surface area contributed by atoms with Crippen LogP contribution in [0.15, 0.2) is 42.5 Å². The maximum Gasteiger partial charge on any atom is 0.306 e. The third-order valence-corrected chi connectivity index (χ3v) is 7.82. The summed E-state index contributed by atoms with van der Waals surface area (Å²) in [6, 6.07) is 9.35. The summed E-state index contributed by atoms with van der Waals surface area (Å²) in [6.07, 6.45) is -3.88. The molecule has 0 bridgehead atoms. The average Bonchev–Trinajstić information content (AvgIpc) is 2.95. The van der Waals surface area contributed by atoms with E-state index in [0.717, 1.165) is 24.2 Å². The lowest BCUT2D eigenvalue weighted by Crippen LogP contribution is -2.62. The average molecular weight is 655 g/mol. The van der Waals surface area contributed by atoms with Gasteiger partial charge >= 0.3 is 29.8 Å². The summed E-state index contributed by atoms with van der Waals surface area (Å²) in [7, 11) is 1.34. The summed E-state index contributed by atoms with van der Waals surface area (Å²) in [6.45, 7) is 5.69. The number of esters is 5. The lowest BCUT2D eigenvalue weighted by atomic mass is 10.0. The zero-order valence-electron chi connectivity index (χ0n) is 25.8. The quantitative estimate of drug-likeness (QED) is 0.131. The van der Waals surface area contributed by atoms with Crippen LogP contribution in [-0.2, 0) is 73.2 Å². The predicted molar refractivity (Wildman–Crippen MR) is 155 cm³/mol. The number of methoxy groups -OCH3 is 1. The lowest BCUT2D eigenvalue weighted by molar-refractivity contribution is -0.271. The molecule has 15 heteroatoms. The maximum absolute atomic E-state index is 12.4. The second-order valence-corrected chi connectivity index (χ2v) is 11.4. The number of rotatable bonds is 13. The van der Waals surface area contributed by atoms with Crippen molar-refractivity contribution < 1.29 is 66.6 Å². The molecule has 2 aliphatic heterocycles. The standard InChI is InChI=1S/C30H38O14S/c1-17(31)38-16-24-23(39-18(2)32)12-13-30(44-24,43-21(5)35)45-28-25(15-37-14-22-10-8-7-9-11-22)42-29(36-6)27(41-20(4)34)26(28)40-19(3)33/h7-13,23-29H,14-16H2,1-6H3/t23-,24-,25-,26-,27-,28-,29+,30+/m1/s1. The Labute approximate surface area is 264 Å². The summed E-state index contributed by atoms with van der Waals surface area (Å²) in [5, 5.41) is -2.93. The van der Waals surface area contributed by atoms with Crippen molar-refractivity contribution in [3.8, 4) is 0 Å². The fourth-order valence-corrected chi connectivity index (χ4v) is 6.20. The van der Waals surface area contributed by atoms with Gasteiger partial charge in [0.1, 0.15) is 18.8 Å². The molecule has 3 rings (SSSR count). The Hall–Kier alpha value is -3.50. The van der Waals surface area contributed by atoms with Gasteiger partial charge in [0, 0.05) is 41.7 Å². The van der Waals surface area contributed by atoms with Crippen molar-refractivity contribution in [2.75, 3.05) is 20.3 Å². The molecule has 8 atom stereocenters. The number of hydrogen-bond acceptors (Lipinski definition) is 15. The summed E-state index contributed by atoms with van der Waals surface area (Å²) >= 11 is 0.862. The summed E-state index contributed by atoms with van der Waals surface area (Å²) in [5.41, 5.74) is 0.884. The van der Waals surface area contributed by atoms with Crippen molar-refractivity contribution in [2.24, 2.45) is 0 Å². The number of hydrogen-bond donors (Lipinski definition) is 0. The number of benzene rings is 1. The van der Waals surface area contributed by atoms with E-state index in [4.69, 9.17) is 42.6 Å². The predicted octanol–water partition coefficient (Wildman–Crippen LogP) is 2.21. The van der Waals surface area contributed by atoms with Crippen LogP contribution in [0.3, 0.4) is 0 Å². The topological polar surface area (TPSA) is 168 Å². The summed E-state index contributed by atoms with van der Waals surface area (Å²) in [4.78, 5) is 60.3. The first-order chi connectivity index (χ1) is 21.3. The SMILES string of the molecule is CO[C@H]1O[C@H](COCc2ccccc2)[C@@H](S[C@]2(OC(C)=O)C=C[C@@H](OC(C)=O)[C@@H](COC(C)=O)O2)[C@H](OC(C)=O)[C@H]1OC(C)=O. The molecular weight excluding hydrogens is 616 g/mol. The minimum absolute atomic E-state index is 0.0657. The van der Waals surface area contributed by atoms with E-state index < -0.39 is 77.0 Å². The highest BCUT2D eigenvalue weighted by Gasteiger charge is 2.55. The highest BCUT2D eigenvalue weighted by atomic mass is 32.2.